The summed E-state index contributed by atoms with van der Waals surface area (Å²) in [4.78, 5) is 25.7. The Hall–Kier alpha value is -1.79. The van der Waals surface area contributed by atoms with Gasteiger partial charge >= 0.3 is 6.03 Å². The van der Waals surface area contributed by atoms with Gasteiger partial charge in [-0.05, 0) is 46.3 Å². The van der Waals surface area contributed by atoms with Gasteiger partial charge in [-0.3, -0.25) is 4.79 Å². The molecule has 5 nitrogen and oxygen atoms in total. The number of H-pyrrole nitrogens is 1. The first-order valence-corrected chi connectivity index (χ1v) is 6.43. The van der Waals surface area contributed by atoms with Gasteiger partial charge in [-0.2, -0.15) is 0 Å². The second-order valence-corrected chi connectivity index (χ2v) is 5.00. The number of rotatable bonds is 2. The predicted octanol–water partition coefficient (Wildman–Crippen LogP) is 3.43. The zero-order valence-corrected chi connectivity index (χ0v) is 11.9. The van der Waals surface area contributed by atoms with Crippen LogP contribution in [0.1, 0.15) is 0 Å². The third-order valence-corrected chi connectivity index (χ3v) is 2.93. The summed E-state index contributed by atoms with van der Waals surface area (Å²) in [5.74, 6) is 0. The molecule has 0 spiro atoms. The van der Waals surface area contributed by atoms with Crippen LogP contribution in [-0.4, -0.2) is 11.0 Å². The molecule has 98 valence electrons. The maximum atomic E-state index is 11.7. The molecule has 1 heterocycles. The normalized spacial score (nSPS) is 10.0. The molecule has 2 aromatic rings. The molecular weight excluding hydrogens is 334 g/mol. The van der Waals surface area contributed by atoms with E-state index in [1.54, 1.807) is 24.3 Å². The molecule has 1 aromatic heterocycles. The third-order valence-electron chi connectivity index (χ3n) is 2.22. The van der Waals surface area contributed by atoms with Gasteiger partial charge in [-0.15, -0.1) is 0 Å². The van der Waals surface area contributed by atoms with Crippen LogP contribution in [0.5, 0.6) is 0 Å². The highest BCUT2D eigenvalue weighted by Gasteiger charge is 2.06. The molecule has 0 atom stereocenters. The van der Waals surface area contributed by atoms with E-state index < -0.39 is 6.03 Å². The van der Waals surface area contributed by atoms with E-state index >= 15 is 0 Å². The molecule has 0 aliphatic carbocycles. The molecule has 0 fully saturated rings. The minimum Gasteiger partial charge on any atom is -0.326 e. The zero-order valence-electron chi connectivity index (χ0n) is 9.54. The van der Waals surface area contributed by atoms with Crippen molar-refractivity contribution in [2.24, 2.45) is 0 Å². The number of benzene rings is 1. The lowest BCUT2D eigenvalue weighted by molar-refractivity contribution is 0.262. The van der Waals surface area contributed by atoms with Crippen molar-refractivity contribution in [3.8, 4) is 0 Å². The van der Waals surface area contributed by atoms with E-state index in [4.69, 9.17) is 11.6 Å². The average molecular weight is 343 g/mol. The second-order valence-electron chi connectivity index (χ2n) is 3.65. The minimum atomic E-state index is -0.508. The molecule has 19 heavy (non-hydrogen) atoms. The van der Waals surface area contributed by atoms with Gasteiger partial charge in [0.05, 0.1) is 0 Å². The lowest BCUT2D eigenvalue weighted by Gasteiger charge is -2.07. The average Bonchev–Trinajstić information content (AvgIpc) is 2.37. The highest BCUT2D eigenvalue weighted by atomic mass is 79.9. The Labute approximate surface area is 122 Å². The number of hydrogen-bond acceptors (Lipinski definition) is 2. The molecule has 3 N–H and O–H groups in total. The summed E-state index contributed by atoms with van der Waals surface area (Å²) in [6.45, 7) is 0. The highest BCUT2D eigenvalue weighted by molar-refractivity contribution is 9.10. The fourth-order valence-corrected chi connectivity index (χ4v) is 1.84. The van der Waals surface area contributed by atoms with Crippen LogP contribution in [0.2, 0.25) is 5.02 Å². The van der Waals surface area contributed by atoms with Crippen molar-refractivity contribution in [1.82, 2.24) is 4.98 Å². The number of amides is 2. The molecule has 0 aliphatic heterocycles. The fourth-order valence-electron chi connectivity index (χ4n) is 1.37. The lowest BCUT2D eigenvalue weighted by Crippen LogP contribution is -2.24. The Bertz CT molecular complexity index is 655. The predicted molar refractivity (Wildman–Crippen MR) is 78.9 cm³/mol. The first-order valence-electron chi connectivity index (χ1n) is 5.26. The summed E-state index contributed by atoms with van der Waals surface area (Å²) < 4.78 is 0.661. The Kier molecular flexibility index (Phi) is 4.24. The summed E-state index contributed by atoms with van der Waals surface area (Å²) in [5.41, 5.74) is 0.351. The number of anilines is 2. The number of halogens is 2. The molecule has 0 aliphatic rings. The minimum absolute atomic E-state index is 0.154. The van der Waals surface area contributed by atoms with Crippen molar-refractivity contribution in [3.05, 3.63) is 56.4 Å². The van der Waals surface area contributed by atoms with E-state index in [0.717, 1.165) is 0 Å². The van der Waals surface area contributed by atoms with E-state index in [9.17, 15) is 9.59 Å². The molecule has 1 aromatic carbocycles. The maximum absolute atomic E-state index is 11.7. The highest BCUT2D eigenvalue weighted by Crippen LogP contribution is 2.14. The van der Waals surface area contributed by atoms with Gasteiger partial charge in [0.1, 0.15) is 5.69 Å². The Morgan fingerprint density at radius 1 is 1.21 bits per heavy atom. The number of carbonyl (C=O) groups excluding carboxylic acids is 1. The summed E-state index contributed by atoms with van der Waals surface area (Å²) in [7, 11) is 0. The molecule has 2 amide bonds. The molecule has 0 saturated carbocycles. The number of carbonyl (C=O) groups is 1. The first-order chi connectivity index (χ1) is 9.04. The molecule has 0 bridgehead atoms. The van der Waals surface area contributed by atoms with Gasteiger partial charge in [0.25, 0.3) is 5.56 Å². The van der Waals surface area contributed by atoms with Crippen LogP contribution < -0.4 is 16.2 Å². The van der Waals surface area contributed by atoms with Crippen LogP contribution >= 0.6 is 27.5 Å². The molecule has 0 unspecified atom stereocenters. The van der Waals surface area contributed by atoms with Gasteiger partial charge in [0.2, 0.25) is 0 Å². The molecule has 0 radical (unpaired) electrons. The Morgan fingerprint density at radius 3 is 2.58 bits per heavy atom. The number of nitrogens with one attached hydrogen (secondary N) is 3. The molecule has 2 rings (SSSR count). The van der Waals surface area contributed by atoms with Crippen LogP contribution in [0.4, 0.5) is 16.2 Å². The largest absolute Gasteiger partial charge is 0.326 e. The van der Waals surface area contributed by atoms with Gasteiger partial charge in [0, 0.05) is 21.4 Å². The number of aromatic nitrogens is 1. The number of aromatic amines is 1. The molecule has 0 saturated heterocycles. The van der Waals surface area contributed by atoms with Gasteiger partial charge in [-0.1, -0.05) is 11.6 Å². The van der Waals surface area contributed by atoms with Crippen LogP contribution in [0.15, 0.2) is 45.8 Å². The summed E-state index contributed by atoms with van der Waals surface area (Å²) in [6, 6.07) is 7.64. The number of pyridine rings is 1. The van der Waals surface area contributed by atoms with Crippen LogP contribution in [0.3, 0.4) is 0 Å². The topological polar surface area (TPSA) is 74.0 Å². The zero-order chi connectivity index (χ0) is 13.8. The van der Waals surface area contributed by atoms with Crippen molar-refractivity contribution >= 4 is 44.9 Å². The fraction of sp³-hybridized carbons (Fsp3) is 0. The van der Waals surface area contributed by atoms with Crippen LogP contribution in [0.25, 0.3) is 0 Å². The number of urea groups is 1. The van der Waals surface area contributed by atoms with Gasteiger partial charge in [0.15, 0.2) is 0 Å². The smallest absolute Gasteiger partial charge is 0.323 e. The standard InChI is InChI=1S/C12H9BrClN3O2/c13-7-5-10(11(18)15-6-7)17-12(19)16-9-3-1-8(14)2-4-9/h1-6H,(H,15,18)(H2,16,17,19). The van der Waals surface area contributed by atoms with Crippen LogP contribution in [-0.2, 0) is 0 Å². The van der Waals surface area contributed by atoms with Gasteiger partial charge < -0.3 is 15.6 Å². The Morgan fingerprint density at radius 2 is 1.89 bits per heavy atom. The number of hydrogen-bond donors (Lipinski definition) is 3. The van der Waals surface area contributed by atoms with E-state index in [1.165, 1.54) is 12.3 Å². The first kappa shape index (κ1) is 13.6. The van der Waals surface area contributed by atoms with Crippen LogP contribution in [0, 0.1) is 0 Å². The molecule has 7 heteroatoms. The van der Waals surface area contributed by atoms with E-state index in [2.05, 4.69) is 31.5 Å². The third kappa shape index (κ3) is 3.84. The van der Waals surface area contributed by atoms with Crippen molar-refractivity contribution in [2.45, 2.75) is 0 Å². The summed E-state index contributed by atoms with van der Waals surface area (Å²) >= 11 is 8.94. The maximum Gasteiger partial charge on any atom is 0.323 e. The summed E-state index contributed by atoms with van der Waals surface area (Å²) in [5, 5.41) is 5.62. The van der Waals surface area contributed by atoms with Crippen molar-refractivity contribution in [2.75, 3.05) is 10.6 Å². The van der Waals surface area contributed by atoms with Crippen molar-refractivity contribution in [3.63, 3.8) is 0 Å². The van der Waals surface area contributed by atoms with Crippen molar-refractivity contribution in [1.29, 1.82) is 0 Å². The molecular formula is C12H9BrClN3O2. The van der Waals surface area contributed by atoms with E-state index in [1.807, 2.05) is 0 Å². The van der Waals surface area contributed by atoms with E-state index in [0.29, 0.717) is 15.2 Å². The lowest BCUT2D eigenvalue weighted by atomic mass is 10.3. The van der Waals surface area contributed by atoms with Crippen molar-refractivity contribution < 1.29 is 4.79 Å². The van der Waals surface area contributed by atoms with E-state index in [-0.39, 0.29) is 11.2 Å². The Balaban J connectivity index is 2.07. The summed E-state index contributed by atoms with van der Waals surface area (Å²) in [6.07, 6.45) is 1.49. The SMILES string of the molecule is O=C(Nc1ccc(Cl)cc1)Nc1cc(Br)c[nH]c1=O. The van der Waals surface area contributed by atoms with Gasteiger partial charge in [-0.25, -0.2) is 4.79 Å². The quantitative estimate of drug-likeness (QED) is 0.782. The second kappa shape index (κ2) is 5.90. The monoisotopic (exact) mass is 341 g/mol.